The number of carbonyl (C=O) groups is 1. The van der Waals surface area contributed by atoms with E-state index in [0.717, 1.165) is 22.7 Å². The minimum Gasteiger partial charge on any atom is -0.494 e. The van der Waals surface area contributed by atoms with Gasteiger partial charge in [0.15, 0.2) is 10.8 Å². The first kappa shape index (κ1) is 17.6. The Balaban J connectivity index is 1.93. The van der Waals surface area contributed by atoms with Crippen molar-refractivity contribution in [2.45, 2.75) is 12.5 Å². The van der Waals surface area contributed by atoms with Crippen LogP contribution in [-0.2, 0) is 16.0 Å². The van der Waals surface area contributed by atoms with Crippen LogP contribution in [0.25, 0.3) is 10.9 Å². The Morgan fingerprint density at radius 2 is 2.15 bits per heavy atom. The molecule has 0 aliphatic carbocycles. The Hall–Kier alpha value is -3.20. The predicted octanol–water partition coefficient (Wildman–Crippen LogP) is 1.82. The molecule has 4 N–H and O–H groups in total. The van der Waals surface area contributed by atoms with E-state index in [4.69, 9.17) is 17.0 Å². The number of nitrogens with zero attached hydrogens (tertiary/aromatic N) is 1. The zero-order valence-corrected chi connectivity index (χ0v) is 14.6. The molecule has 0 spiro atoms. The van der Waals surface area contributed by atoms with E-state index >= 15 is 0 Å². The summed E-state index contributed by atoms with van der Waals surface area (Å²) in [5.74, 6) is -0.968. The molecular weight excluding hydrogens is 356 g/mol. The molecule has 2 heterocycles. The standard InChI is InChI=1S/C17H16N4O4S/c1-25-16(24)13(6-9-7-18-12-5-3-2-4-10(9)12)19-8-11-14(22)20-17(26)21-15(11)23/h2-5,7-8,13,18H,6H2,1H3,(H3,20,21,22,23,26)/t13-/m1/s1. The number of nitrogens with one attached hydrogen (secondary N) is 3. The number of hydrogen-bond donors (Lipinski definition) is 4. The molecule has 0 radical (unpaired) electrons. The molecule has 0 bridgehead atoms. The molecular formula is C17H16N4O4S. The van der Waals surface area contributed by atoms with Gasteiger partial charge >= 0.3 is 5.97 Å². The van der Waals surface area contributed by atoms with Gasteiger partial charge in [-0.1, -0.05) is 18.2 Å². The lowest BCUT2D eigenvalue weighted by Gasteiger charge is -2.09. The van der Waals surface area contributed by atoms with Crippen LogP contribution in [0, 0.1) is 4.77 Å². The van der Waals surface area contributed by atoms with Crippen molar-refractivity contribution < 1.29 is 14.6 Å². The van der Waals surface area contributed by atoms with Crippen LogP contribution in [0.1, 0.15) is 11.1 Å². The molecule has 8 nitrogen and oxygen atoms in total. The second-order valence-electron chi connectivity index (χ2n) is 5.55. The second-order valence-corrected chi connectivity index (χ2v) is 5.96. The number of methoxy groups -OCH3 is 1. The highest BCUT2D eigenvalue weighted by Gasteiger charge is 2.20. The second kappa shape index (κ2) is 7.36. The summed E-state index contributed by atoms with van der Waals surface area (Å²) in [6.45, 7) is 0. The van der Waals surface area contributed by atoms with E-state index in [9.17, 15) is 14.7 Å². The zero-order valence-electron chi connectivity index (χ0n) is 13.8. The maximum absolute atomic E-state index is 12.1. The van der Waals surface area contributed by atoms with E-state index in [1.807, 2.05) is 24.3 Å². The number of rotatable bonds is 5. The molecule has 2 aromatic heterocycles. The fourth-order valence-electron chi connectivity index (χ4n) is 2.61. The molecule has 0 amide bonds. The zero-order chi connectivity index (χ0) is 18.7. The lowest BCUT2D eigenvalue weighted by atomic mass is 10.1. The lowest BCUT2D eigenvalue weighted by Crippen LogP contribution is -2.24. The first-order valence-corrected chi connectivity index (χ1v) is 8.12. The summed E-state index contributed by atoms with van der Waals surface area (Å²) < 4.78 is 4.80. The van der Waals surface area contributed by atoms with Crippen LogP contribution in [0.15, 0.2) is 40.2 Å². The van der Waals surface area contributed by atoms with Gasteiger partial charge in [0.25, 0.3) is 5.56 Å². The number of hydrogen-bond acceptors (Lipinski definition) is 6. The SMILES string of the molecule is COC(=O)[C@@H](Cc1c[nH]c2ccccc12)N=Cc1c(O)[nH]c(=S)[nH]c1=O. The van der Waals surface area contributed by atoms with E-state index in [-0.39, 0.29) is 16.8 Å². The molecule has 3 rings (SSSR count). The third-order valence-corrected chi connectivity index (χ3v) is 4.11. The minimum atomic E-state index is -0.874. The quantitative estimate of drug-likeness (QED) is 0.309. The number of aromatic nitrogens is 3. The van der Waals surface area contributed by atoms with Gasteiger partial charge in [-0.2, -0.15) is 0 Å². The summed E-state index contributed by atoms with van der Waals surface area (Å²) in [6.07, 6.45) is 3.21. The highest BCUT2D eigenvalue weighted by molar-refractivity contribution is 7.71. The Bertz CT molecular complexity index is 1100. The average Bonchev–Trinajstić information content (AvgIpc) is 3.02. The smallest absolute Gasteiger partial charge is 0.330 e. The molecule has 0 saturated carbocycles. The number of aromatic amines is 3. The van der Waals surface area contributed by atoms with Gasteiger partial charge in [-0.3, -0.25) is 14.8 Å². The van der Waals surface area contributed by atoms with E-state index in [2.05, 4.69) is 19.9 Å². The van der Waals surface area contributed by atoms with Gasteiger partial charge < -0.3 is 19.8 Å². The van der Waals surface area contributed by atoms with Crippen LogP contribution in [0.4, 0.5) is 0 Å². The number of fused-ring (bicyclic) bond motifs is 1. The molecule has 26 heavy (non-hydrogen) atoms. The van der Waals surface area contributed by atoms with Crippen LogP contribution < -0.4 is 5.56 Å². The third kappa shape index (κ3) is 3.57. The molecule has 3 aromatic rings. The van der Waals surface area contributed by atoms with Crippen LogP contribution in [0.2, 0.25) is 0 Å². The van der Waals surface area contributed by atoms with Crippen molar-refractivity contribution in [2.75, 3.05) is 7.11 Å². The maximum Gasteiger partial charge on any atom is 0.330 e. The van der Waals surface area contributed by atoms with E-state index < -0.39 is 23.5 Å². The fraction of sp³-hybridized carbons (Fsp3) is 0.176. The van der Waals surface area contributed by atoms with Crippen molar-refractivity contribution in [3.05, 3.63) is 56.7 Å². The van der Waals surface area contributed by atoms with Crippen molar-refractivity contribution in [1.29, 1.82) is 0 Å². The van der Waals surface area contributed by atoms with Crippen LogP contribution in [-0.4, -0.2) is 45.4 Å². The molecule has 0 unspecified atom stereocenters. The highest BCUT2D eigenvalue weighted by atomic mass is 32.1. The van der Waals surface area contributed by atoms with Gasteiger partial charge in [-0.05, 0) is 23.8 Å². The molecule has 0 fully saturated rings. The average molecular weight is 372 g/mol. The van der Waals surface area contributed by atoms with Crippen molar-refractivity contribution in [3.63, 3.8) is 0 Å². The largest absolute Gasteiger partial charge is 0.494 e. The van der Waals surface area contributed by atoms with Crippen LogP contribution in [0.5, 0.6) is 5.88 Å². The Kier molecular flexibility index (Phi) is 4.99. The summed E-state index contributed by atoms with van der Waals surface area (Å²) in [7, 11) is 1.27. The number of ether oxygens (including phenoxy) is 1. The first-order chi connectivity index (χ1) is 12.5. The summed E-state index contributed by atoms with van der Waals surface area (Å²) >= 11 is 4.77. The number of esters is 1. The molecule has 0 aliphatic rings. The number of para-hydroxylation sites is 1. The number of aromatic hydroxyl groups is 1. The van der Waals surface area contributed by atoms with Gasteiger partial charge in [-0.25, -0.2) is 4.79 Å². The van der Waals surface area contributed by atoms with Gasteiger partial charge in [-0.15, -0.1) is 0 Å². The molecule has 1 atom stereocenters. The number of carbonyl (C=O) groups excluding carboxylic acids is 1. The predicted molar refractivity (Wildman–Crippen MR) is 99.3 cm³/mol. The fourth-order valence-corrected chi connectivity index (χ4v) is 2.80. The van der Waals surface area contributed by atoms with Crippen molar-refractivity contribution >= 4 is 35.3 Å². The Morgan fingerprint density at radius 1 is 1.38 bits per heavy atom. The van der Waals surface area contributed by atoms with E-state index in [1.165, 1.54) is 7.11 Å². The number of benzene rings is 1. The Morgan fingerprint density at radius 3 is 2.88 bits per heavy atom. The van der Waals surface area contributed by atoms with Crippen molar-refractivity contribution in [2.24, 2.45) is 4.99 Å². The molecule has 0 saturated heterocycles. The highest BCUT2D eigenvalue weighted by Crippen LogP contribution is 2.20. The minimum absolute atomic E-state index is 0.00652. The first-order valence-electron chi connectivity index (χ1n) is 7.71. The summed E-state index contributed by atoms with van der Waals surface area (Å²) in [5.41, 5.74) is 1.11. The molecule has 134 valence electrons. The topological polar surface area (TPSA) is 123 Å². The molecule has 0 aliphatic heterocycles. The summed E-state index contributed by atoms with van der Waals surface area (Å²) in [4.78, 5) is 36.0. The van der Waals surface area contributed by atoms with Crippen LogP contribution in [0.3, 0.4) is 0 Å². The third-order valence-electron chi connectivity index (χ3n) is 3.90. The van der Waals surface area contributed by atoms with E-state index in [1.54, 1.807) is 6.20 Å². The summed E-state index contributed by atoms with van der Waals surface area (Å²) in [5, 5.41) is 10.8. The summed E-state index contributed by atoms with van der Waals surface area (Å²) in [6, 6.07) is 6.81. The number of H-pyrrole nitrogens is 3. The van der Waals surface area contributed by atoms with Crippen molar-refractivity contribution in [3.8, 4) is 5.88 Å². The van der Waals surface area contributed by atoms with Gasteiger partial charge in [0.1, 0.15) is 5.56 Å². The monoisotopic (exact) mass is 372 g/mol. The lowest BCUT2D eigenvalue weighted by molar-refractivity contribution is -0.142. The number of aliphatic imine (C=N–C) groups is 1. The Labute approximate surface area is 152 Å². The molecule has 9 heteroatoms. The normalized spacial score (nSPS) is 12.5. The van der Waals surface area contributed by atoms with E-state index in [0.29, 0.717) is 0 Å². The van der Waals surface area contributed by atoms with Crippen LogP contribution >= 0.6 is 12.2 Å². The van der Waals surface area contributed by atoms with Gasteiger partial charge in [0.05, 0.1) is 7.11 Å². The maximum atomic E-state index is 12.1. The van der Waals surface area contributed by atoms with Gasteiger partial charge in [0.2, 0.25) is 5.88 Å². The van der Waals surface area contributed by atoms with Gasteiger partial charge in [0, 0.05) is 29.7 Å². The van der Waals surface area contributed by atoms with Crippen molar-refractivity contribution in [1.82, 2.24) is 15.0 Å². The molecule has 1 aromatic carbocycles.